The molecule has 0 atom stereocenters. The zero-order chi connectivity index (χ0) is 21.4. The van der Waals surface area contributed by atoms with E-state index in [0.29, 0.717) is 23.5 Å². The normalized spacial score (nSPS) is 19.9. The Morgan fingerprint density at radius 2 is 1.81 bits per heavy atom. The van der Waals surface area contributed by atoms with E-state index >= 15 is 0 Å². The van der Waals surface area contributed by atoms with Gasteiger partial charge in [0.05, 0.1) is 12.2 Å². The quantitative estimate of drug-likeness (QED) is 0.782. The molecule has 9 nitrogen and oxygen atoms in total. The molecule has 5 rings (SSSR count). The van der Waals surface area contributed by atoms with Gasteiger partial charge in [0.1, 0.15) is 16.6 Å². The summed E-state index contributed by atoms with van der Waals surface area (Å²) in [7, 11) is -3.82. The zero-order valence-electron chi connectivity index (χ0n) is 17.4. The molecule has 0 bridgehead atoms. The van der Waals surface area contributed by atoms with Crippen molar-refractivity contribution in [3.8, 4) is 0 Å². The zero-order valence-corrected chi connectivity index (χ0v) is 18.2. The van der Waals surface area contributed by atoms with E-state index in [-0.39, 0.29) is 17.3 Å². The first-order chi connectivity index (χ1) is 15.0. The van der Waals surface area contributed by atoms with E-state index in [1.807, 2.05) is 4.90 Å². The molecule has 1 aromatic carbocycles. The minimum atomic E-state index is -3.82. The third-order valence-corrected chi connectivity index (χ3v) is 7.54. The van der Waals surface area contributed by atoms with Crippen LogP contribution in [0, 0.1) is 0 Å². The summed E-state index contributed by atoms with van der Waals surface area (Å²) in [5.74, 6) is 1.96. The fourth-order valence-corrected chi connectivity index (χ4v) is 5.84. The molecule has 0 unspecified atom stereocenters. The topological polar surface area (TPSA) is 110 Å². The lowest BCUT2D eigenvalue weighted by Crippen LogP contribution is -2.35. The number of carbonyl (C=O) groups is 1. The number of aromatic nitrogens is 3. The molecule has 164 valence electrons. The standard InChI is InChI=1S/C21H26N6O3S/c28-21(22-14-20-24-23-18-7-3-1-6-12-27(18)20)15-9-10-16-17(13-15)31(29,30)25-19-8-4-2-5-11-26(16)19/h9-10,13H,1-8,11-12,14H2,(H,22,28). The van der Waals surface area contributed by atoms with Crippen molar-refractivity contribution < 1.29 is 13.2 Å². The number of hydrogen-bond donors (Lipinski definition) is 1. The van der Waals surface area contributed by atoms with Crippen molar-refractivity contribution in [3.05, 3.63) is 35.4 Å². The second kappa shape index (κ2) is 8.07. The molecule has 1 saturated heterocycles. The van der Waals surface area contributed by atoms with Crippen LogP contribution in [-0.2, 0) is 29.5 Å². The van der Waals surface area contributed by atoms with Gasteiger partial charge >= 0.3 is 0 Å². The molecule has 3 aliphatic heterocycles. The third kappa shape index (κ3) is 3.84. The summed E-state index contributed by atoms with van der Waals surface area (Å²) in [6.45, 7) is 1.86. The first-order valence-electron chi connectivity index (χ1n) is 11.0. The lowest BCUT2D eigenvalue weighted by atomic mass is 10.1. The molecule has 0 spiro atoms. The molecule has 1 N–H and O–H groups in total. The van der Waals surface area contributed by atoms with Gasteiger partial charge in [-0.15, -0.1) is 14.6 Å². The Kier molecular flexibility index (Phi) is 5.25. The number of nitrogens with zero attached hydrogens (tertiary/aromatic N) is 5. The summed E-state index contributed by atoms with van der Waals surface area (Å²) < 4.78 is 31.7. The number of aryl methyl sites for hydroxylation is 1. The van der Waals surface area contributed by atoms with Crippen LogP contribution in [0.5, 0.6) is 0 Å². The number of carbonyl (C=O) groups excluding carboxylic acids is 1. The Morgan fingerprint density at radius 3 is 2.68 bits per heavy atom. The SMILES string of the molecule is O=C(NCc1nnc2n1CCCCC2)c1ccc2c(c1)S(=O)(=O)N=C1CCCCCN12. The average Bonchev–Trinajstić information content (AvgIpc) is 2.92. The number of hydrogen-bond acceptors (Lipinski definition) is 6. The van der Waals surface area contributed by atoms with Crippen LogP contribution < -0.4 is 10.2 Å². The highest BCUT2D eigenvalue weighted by Crippen LogP contribution is 2.35. The van der Waals surface area contributed by atoms with Gasteiger partial charge in [-0.25, -0.2) is 0 Å². The number of nitrogens with one attached hydrogen (secondary N) is 1. The third-order valence-electron chi connectivity index (χ3n) is 6.20. The molecule has 2 aromatic rings. The minimum absolute atomic E-state index is 0.0992. The van der Waals surface area contributed by atoms with Crippen molar-refractivity contribution >= 4 is 27.5 Å². The Labute approximate surface area is 181 Å². The van der Waals surface area contributed by atoms with Crippen molar-refractivity contribution in [2.24, 2.45) is 4.40 Å². The van der Waals surface area contributed by atoms with Crippen LogP contribution in [0.25, 0.3) is 0 Å². The van der Waals surface area contributed by atoms with E-state index in [2.05, 4.69) is 24.5 Å². The molecule has 10 heteroatoms. The Hall–Kier alpha value is -2.75. The maximum atomic E-state index is 12.8. The minimum Gasteiger partial charge on any atom is -0.345 e. The smallest absolute Gasteiger partial charge is 0.286 e. The number of rotatable bonds is 3. The first kappa shape index (κ1) is 20.2. The van der Waals surface area contributed by atoms with Crippen LogP contribution in [0.2, 0.25) is 0 Å². The summed E-state index contributed by atoms with van der Waals surface area (Å²) in [5, 5.41) is 11.3. The second-order valence-electron chi connectivity index (χ2n) is 8.30. The Balaban J connectivity index is 1.37. The van der Waals surface area contributed by atoms with Crippen LogP contribution in [0.3, 0.4) is 0 Å². The van der Waals surface area contributed by atoms with Gasteiger partial charge in [0.15, 0.2) is 5.82 Å². The van der Waals surface area contributed by atoms with Gasteiger partial charge in [0, 0.05) is 31.5 Å². The van der Waals surface area contributed by atoms with Crippen LogP contribution in [0.1, 0.15) is 67.0 Å². The number of benzene rings is 1. The van der Waals surface area contributed by atoms with E-state index in [4.69, 9.17) is 0 Å². The lowest BCUT2D eigenvalue weighted by Gasteiger charge is -2.29. The molecule has 0 aliphatic carbocycles. The summed E-state index contributed by atoms with van der Waals surface area (Å²) in [6, 6.07) is 4.85. The van der Waals surface area contributed by atoms with E-state index in [0.717, 1.165) is 63.3 Å². The summed E-state index contributed by atoms with van der Waals surface area (Å²) >= 11 is 0. The second-order valence-corrected chi connectivity index (χ2v) is 9.88. The van der Waals surface area contributed by atoms with Crippen LogP contribution >= 0.6 is 0 Å². The molecule has 3 aliphatic rings. The predicted octanol–water partition coefficient (Wildman–Crippen LogP) is 2.42. The molecule has 31 heavy (non-hydrogen) atoms. The summed E-state index contributed by atoms with van der Waals surface area (Å²) in [4.78, 5) is 14.9. The Morgan fingerprint density at radius 1 is 1.00 bits per heavy atom. The van der Waals surface area contributed by atoms with Gasteiger partial charge in [-0.05, 0) is 43.9 Å². The molecule has 0 radical (unpaired) electrons. The van der Waals surface area contributed by atoms with E-state index < -0.39 is 10.0 Å². The van der Waals surface area contributed by atoms with Crippen LogP contribution in [-0.4, -0.2) is 41.5 Å². The molecular formula is C21H26N6O3S. The van der Waals surface area contributed by atoms with Gasteiger partial charge in [0.2, 0.25) is 0 Å². The number of amidine groups is 1. The summed E-state index contributed by atoms with van der Waals surface area (Å²) in [5.41, 5.74) is 0.914. The van der Waals surface area contributed by atoms with Crippen molar-refractivity contribution in [1.29, 1.82) is 0 Å². The van der Waals surface area contributed by atoms with Gasteiger partial charge in [-0.1, -0.05) is 12.8 Å². The molecule has 1 amide bonds. The fraction of sp³-hybridized carbons (Fsp3) is 0.524. The lowest BCUT2D eigenvalue weighted by molar-refractivity contribution is 0.0949. The predicted molar refractivity (Wildman–Crippen MR) is 116 cm³/mol. The molecule has 1 fully saturated rings. The van der Waals surface area contributed by atoms with Gasteiger partial charge in [-0.2, -0.15) is 8.42 Å². The summed E-state index contributed by atoms with van der Waals surface area (Å²) in [6.07, 6.45) is 7.89. The molecule has 0 saturated carbocycles. The molecular weight excluding hydrogens is 416 g/mol. The maximum absolute atomic E-state index is 12.8. The molecule has 1 aromatic heterocycles. The number of fused-ring (bicyclic) bond motifs is 4. The maximum Gasteiger partial charge on any atom is 0.286 e. The van der Waals surface area contributed by atoms with Gasteiger partial charge < -0.3 is 14.8 Å². The van der Waals surface area contributed by atoms with Crippen molar-refractivity contribution in [1.82, 2.24) is 20.1 Å². The largest absolute Gasteiger partial charge is 0.345 e. The monoisotopic (exact) mass is 442 g/mol. The number of amides is 1. The highest BCUT2D eigenvalue weighted by molar-refractivity contribution is 7.90. The first-order valence-corrected chi connectivity index (χ1v) is 12.4. The van der Waals surface area contributed by atoms with E-state index in [1.54, 1.807) is 12.1 Å². The van der Waals surface area contributed by atoms with Gasteiger partial charge in [0.25, 0.3) is 15.9 Å². The molecule has 4 heterocycles. The van der Waals surface area contributed by atoms with Crippen molar-refractivity contribution in [2.45, 2.75) is 69.4 Å². The van der Waals surface area contributed by atoms with Crippen molar-refractivity contribution in [3.63, 3.8) is 0 Å². The highest BCUT2D eigenvalue weighted by atomic mass is 32.2. The fourth-order valence-electron chi connectivity index (χ4n) is 4.56. The van der Waals surface area contributed by atoms with E-state index in [1.165, 1.54) is 12.5 Å². The van der Waals surface area contributed by atoms with Crippen LogP contribution in [0.4, 0.5) is 5.69 Å². The van der Waals surface area contributed by atoms with E-state index in [9.17, 15) is 13.2 Å². The average molecular weight is 443 g/mol. The van der Waals surface area contributed by atoms with Gasteiger partial charge in [-0.3, -0.25) is 4.79 Å². The van der Waals surface area contributed by atoms with Crippen LogP contribution in [0.15, 0.2) is 27.5 Å². The number of sulfonamides is 1. The Bertz CT molecular complexity index is 1150. The number of anilines is 1. The van der Waals surface area contributed by atoms with Crippen molar-refractivity contribution in [2.75, 3.05) is 11.4 Å². The highest BCUT2D eigenvalue weighted by Gasteiger charge is 2.32.